The summed E-state index contributed by atoms with van der Waals surface area (Å²) in [6, 6.07) is 8.95. The highest BCUT2D eigenvalue weighted by atomic mass is 19.3. The average molecular weight is 884 g/mol. The van der Waals surface area contributed by atoms with Crippen molar-refractivity contribution >= 4 is 64.3 Å². The summed E-state index contributed by atoms with van der Waals surface area (Å²) in [6.07, 6.45) is 6.57. The number of rotatable bonds is 10. The SMILES string of the molecule is COc1cc(C(=O)NN2CCC(CN3CCN(c4cccc5c4C(=O)N(C4CCC(=O)NC4=O)C5=O)CC3)CC2)ccc1Nc1ncc2c(n1)N(C1CCCC1)CC(F)(F)C(=O)N2C. The van der Waals surface area contributed by atoms with E-state index < -0.39 is 48.0 Å². The third-order valence-electron chi connectivity index (χ3n) is 13.4. The number of carbonyl (C=O) groups is 6. The molecule has 0 radical (unpaired) electrons. The standard InChI is InChI=1S/C44H51F2N11O7/c1-52-33-23-47-43(50-37(33)56(28-6-3-4-7-28)25-44(45,46)42(52)63)48-30-11-10-27(22-34(30)64-2)38(59)51-55-16-14-26(15-17-55)24-53-18-20-54(21-19-53)31-9-5-8-29-36(31)41(62)57(40(29)61)32-12-13-35(58)49-39(32)60/h5,8-11,22-23,26,28,32H,3-4,6-7,12-21,24-25H2,1-2H3,(H,51,59)(H,47,48,50)(H,49,58,60). The van der Waals surface area contributed by atoms with Crippen LogP contribution in [0.5, 0.6) is 5.75 Å². The van der Waals surface area contributed by atoms with Gasteiger partial charge in [-0.25, -0.2) is 9.99 Å². The van der Waals surface area contributed by atoms with Gasteiger partial charge >= 0.3 is 5.92 Å². The highest BCUT2D eigenvalue weighted by Gasteiger charge is 2.49. The lowest BCUT2D eigenvalue weighted by molar-refractivity contribution is -0.140. The summed E-state index contributed by atoms with van der Waals surface area (Å²) in [7, 11) is 2.78. The number of alkyl halides is 2. The van der Waals surface area contributed by atoms with Gasteiger partial charge in [-0.3, -0.25) is 49.3 Å². The number of aromatic nitrogens is 2. The van der Waals surface area contributed by atoms with Gasteiger partial charge in [0.05, 0.1) is 42.4 Å². The van der Waals surface area contributed by atoms with E-state index in [0.29, 0.717) is 60.3 Å². The first-order valence-electron chi connectivity index (χ1n) is 21.9. The lowest BCUT2D eigenvalue weighted by Gasteiger charge is -2.40. The van der Waals surface area contributed by atoms with E-state index in [0.717, 1.165) is 68.0 Å². The minimum atomic E-state index is -3.59. The fourth-order valence-electron chi connectivity index (χ4n) is 9.89. The number of halogens is 2. The van der Waals surface area contributed by atoms with Crippen LogP contribution < -0.4 is 35.5 Å². The molecule has 3 saturated heterocycles. The molecule has 1 aliphatic carbocycles. The van der Waals surface area contributed by atoms with Gasteiger partial charge in [-0.15, -0.1) is 0 Å². The minimum Gasteiger partial charge on any atom is -0.495 e. The molecule has 1 aromatic heterocycles. The third-order valence-corrected chi connectivity index (χ3v) is 13.4. The van der Waals surface area contributed by atoms with Crippen molar-refractivity contribution in [2.45, 2.75) is 69.4 Å². The molecule has 3 N–H and O–H groups in total. The van der Waals surface area contributed by atoms with Crippen LogP contribution in [0.25, 0.3) is 0 Å². The van der Waals surface area contributed by atoms with Crippen LogP contribution in [0.4, 0.5) is 37.6 Å². The molecule has 0 bridgehead atoms. The molecule has 64 heavy (non-hydrogen) atoms. The molecule has 1 atom stereocenters. The van der Waals surface area contributed by atoms with Gasteiger partial charge in [0.1, 0.15) is 17.5 Å². The Morgan fingerprint density at radius 2 is 1.67 bits per heavy atom. The van der Waals surface area contributed by atoms with E-state index in [1.165, 1.54) is 20.4 Å². The van der Waals surface area contributed by atoms with E-state index in [1.807, 2.05) is 11.1 Å². The zero-order valence-electron chi connectivity index (χ0n) is 35.8. The number of ether oxygens (including phenoxy) is 1. The van der Waals surface area contributed by atoms with E-state index >= 15 is 8.78 Å². The first-order chi connectivity index (χ1) is 30.8. The average Bonchev–Trinajstić information content (AvgIpc) is 3.91. The molecule has 338 valence electrons. The summed E-state index contributed by atoms with van der Waals surface area (Å²) in [5.74, 6) is -6.11. The summed E-state index contributed by atoms with van der Waals surface area (Å²) in [4.78, 5) is 94.4. The molecule has 3 aromatic rings. The zero-order chi connectivity index (χ0) is 44.9. The molecule has 4 fully saturated rings. The van der Waals surface area contributed by atoms with Gasteiger partial charge in [-0.2, -0.15) is 13.8 Å². The molecule has 6 aliphatic rings. The van der Waals surface area contributed by atoms with Gasteiger partial charge in [0, 0.05) is 70.9 Å². The Labute approximate surface area is 368 Å². The number of fused-ring (bicyclic) bond motifs is 2. The van der Waals surface area contributed by atoms with Crippen molar-refractivity contribution in [3.8, 4) is 5.75 Å². The van der Waals surface area contributed by atoms with Crippen molar-refractivity contribution in [2.75, 3.05) is 86.5 Å². The Hall–Kier alpha value is -6.28. The van der Waals surface area contributed by atoms with Crippen LogP contribution in [0.15, 0.2) is 42.6 Å². The lowest BCUT2D eigenvalue weighted by Crippen LogP contribution is -2.54. The monoisotopic (exact) mass is 883 g/mol. The van der Waals surface area contributed by atoms with Crippen molar-refractivity contribution in [2.24, 2.45) is 5.92 Å². The van der Waals surface area contributed by atoms with E-state index in [-0.39, 0.29) is 47.8 Å². The van der Waals surface area contributed by atoms with Gasteiger partial charge in [0.2, 0.25) is 17.8 Å². The van der Waals surface area contributed by atoms with Crippen molar-refractivity contribution < 1.29 is 42.3 Å². The smallest absolute Gasteiger partial charge is 0.342 e. The van der Waals surface area contributed by atoms with E-state index in [1.54, 1.807) is 35.2 Å². The van der Waals surface area contributed by atoms with Crippen LogP contribution in [-0.4, -0.2) is 145 Å². The molecule has 1 unspecified atom stereocenters. The number of hydrazine groups is 1. The summed E-state index contributed by atoms with van der Waals surface area (Å²) >= 11 is 0. The summed E-state index contributed by atoms with van der Waals surface area (Å²) in [5, 5.41) is 7.28. The highest BCUT2D eigenvalue weighted by Crippen LogP contribution is 2.40. The maximum atomic E-state index is 15.1. The number of anilines is 5. The molecule has 5 aliphatic heterocycles. The molecule has 20 heteroatoms. The number of piperidine rings is 2. The number of carbonyl (C=O) groups excluding carboxylic acids is 6. The number of benzene rings is 2. The second-order valence-corrected chi connectivity index (χ2v) is 17.4. The second-order valence-electron chi connectivity index (χ2n) is 17.4. The fourth-order valence-corrected chi connectivity index (χ4v) is 9.89. The fraction of sp³-hybridized carbons (Fsp3) is 0.500. The Morgan fingerprint density at radius 1 is 0.922 bits per heavy atom. The van der Waals surface area contributed by atoms with Crippen molar-refractivity contribution in [3.05, 3.63) is 59.3 Å². The van der Waals surface area contributed by atoms with E-state index in [2.05, 4.69) is 35.8 Å². The molecule has 0 spiro atoms. The molecule has 6 amide bonds. The van der Waals surface area contributed by atoms with Gasteiger partial charge in [-0.05, 0) is 68.4 Å². The third kappa shape index (κ3) is 8.19. The van der Waals surface area contributed by atoms with Crippen LogP contribution in [0.1, 0.15) is 82.4 Å². The first kappa shape index (κ1) is 43.0. The first-order valence-corrected chi connectivity index (χ1v) is 21.9. The van der Waals surface area contributed by atoms with Crippen molar-refractivity contribution in [3.63, 3.8) is 0 Å². The number of methoxy groups -OCH3 is 1. The molecule has 1 saturated carbocycles. The molecule has 18 nitrogen and oxygen atoms in total. The van der Waals surface area contributed by atoms with Crippen LogP contribution in [0, 0.1) is 5.92 Å². The maximum absolute atomic E-state index is 15.1. The molecule has 6 heterocycles. The van der Waals surface area contributed by atoms with E-state index in [9.17, 15) is 28.8 Å². The number of nitrogens with one attached hydrogen (secondary N) is 3. The Kier molecular flexibility index (Phi) is 11.7. The summed E-state index contributed by atoms with van der Waals surface area (Å²) in [6.45, 7) is 4.31. The van der Waals surface area contributed by atoms with Crippen molar-refractivity contribution in [1.29, 1.82) is 0 Å². The molecule has 9 rings (SSSR count). The Morgan fingerprint density at radius 3 is 2.39 bits per heavy atom. The number of hydrogen-bond acceptors (Lipinski definition) is 14. The topological polar surface area (TPSA) is 193 Å². The highest BCUT2D eigenvalue weighted by molar-refractivity contribution is 6.25. The van der Waals surface area contributed by atoms with Crippen molar-refractivity contribution in [1.82, 2.24) is 35.5 Å². The zero-order valence-corrected chi connectivity index (χ0v) is 35.8. The molecule has 2 aromatic carbocycles. The summed E-state index contributed by atoms with van der Waals surface area (Å²) in [5.41, 5.74) is 5.32. The van der Waals surface area contributed by atoms with Crippen LogP contribution in [-0.2, 0) is 14.4 Å². The van der Waals surface area contributed by atoms with Gasteiger partial charge < -0.3 is 24.8 Å². The Balaban J connectivity index is 0.771. The van der Waals surface area contributed by atoms with Crippen LogP contribution in [0.3, 0.4) is 0 Å². The quantitative estimate of drug-likeness (QED) is 0.252. The molecular weight excluding hydrogens is 833 g/mol. The number of amides is 6. The maximum Gasteiger partial charge on any atom is 0.342 e. The summed E-state index contributed by atoms with van der Waals surface area (Å²) < 4.78 is 35.8. The minimum absolute atomic E-state index is 0.0632. The Bertz CT molecular complexity index is 2380. The van der Waals surface area contributed by atoms with Gasteiger partial charge in [0.25, 0.3) is 23.6 Å². The predicted octanol–water partition coefficient (Wildman–Crippen LogP) is 3.17. The number of hydrogen-bond donors (Lipinski definition) is 3. The predicted molar refractivity (Wildman–Crippen MR) is 230 cm³/mol. The number of nitrogens with zero attached hydrogens (tertiary/aromatic N) is 8. The van der Waals surface area contributed by atoms with Gasteiger partial charge in [0.15, 0.2) is 5.82 Å². The largest absolute Gasteiger partial charge is 0.495 e. The second kappa shape index (κ2) is 17.4. The van der Waals surface area contributed by atoms with Crippen LogP contribution in [0.2, 0.25) is 0 Å². The number of imide groups is 2. The number of piperazine rings is 1. The van der Waals surface area contributed by atoms with Crippen LogP contribution >= 0.6 is 0 Å². The van der Waals surface area contributed by atoms with Gasteiger partial charge in [-0.1, -0.05) is 18.9 Å². The lowest BCUT2D eigenvalue weighted by atomic mass is 9.96. The normalized spacial score (nSPS) is 22.4. The molecular formula is C44H51F2N11O7. The van der Waals surface area contributed by atoms with E-state index in [4.69, 9.17) is 4.74 Å².